The highest BCUT2D eigenvalue weighted by atomic mass is 32.2. The molecule has 0 unspecified atom stereocenters. The number of hydrogen-bond acceptors (Lipinski definition) is 4. The maximum Gasteiger partial charge on any atom is 0.242 e. The molecule has 1 heterocycles. The number of rotatable bonds is 10. The Kier molecular flexibility index (Phi) is 7.37. The Morgan fingerprint density at radius 1 is 1.33 bits per heavy atom. The molecular weight excluding hydrogens is 290 g/mol. The van der Waals surface area contributed by atoms with E-state index in [-0.39, 0.29) is 12.6 Å². The Morgan fingerprint density at radius 2 is 2.05 bits per heavy atom. The van der Waals surface area contributed by atoms with Gasteiger partial charge in [0.25, 0.3) is 0 Å². The minimum atomic E-state index is -3.48. The van der Waals surface area contributed by atoms with Gasteiger partial charge in [-0.3, -0.25) is 0 Å². The van der Waals surface area contributed by atoms with Crippen molar-refractivity contribution in [1.29, 1.82) is 0 Å². The first-order valence-electron chi connectivity index (χ1n) is 7.41. The van der Waals surface area contributed by atoms with Gasteiger partial charge in [-0.2, -0.15) is 0 Å². The molecule has 1 aromatic rings. The molecule has 21 heavy (non-hydrogen) atoms. The maximum atomic E-state index is 12.3. The largest absolute Gasteiger partial charge is 0.380 e. The first-order valence-corrected chi connectivity index (χ1v) is 8.89. The Hall–Kier alpha value is -0.890. The van der Waals surface area contributed by atoms with Crippen LogP contribution in [-0.4, -0.2) is 39.3 Å². The van der Waals surface area contributed by atoms with Crippen molar-refractivity contribution < 1.29 is 13.2 Å². The Morgan fingerprint density at radius 3 is 2.62 bits per heavy atom. The van der Waals surface area contributed by atoms with Crippen LogP contribution in [0.15, 0.2) is 17.2 Å². The molecule has 0 aliphatic rings. The molecule has 0 saturated heterocycles. The third-order valence-corrected chi connectivity index (χ3v) is 4.50. The smallest absolute Gasteiger partial charge is 0.242 e. The van der Waals surface area contributed by atoms with Crippen molar-refractivity contribution in [1.82, 2.24) is 14.6 Å². The van der Waals surface area contributed by atoms with Crippen LogP contribution < -0.4 is 10.0 Å². The van der Waals surface area contributed by atoms with Crippen LogP contribution in [-0.2, 0) is 21.3 Å². The van der Waals surface area contributed by atoms with Crippen LogP contribution >= 0.6 is 0 Å². The minimum Gasteiger partial charge on any atom is -0.380 e. The Balaban J connectivity index is 2.86. The quantitative estimate of drug-likeness (QED) is 0.641. The third-order valence-electron chi connectivity index (χ3n) is 3.07. The first-order chi connectivity index (χ1) is 9.92. The van der Waals surface area contributed by atoms with Crippen LogP contribution in [0.4, 0.5) is 0 Å². The van der Waals surface area contributed by atoms with Crippen LogP contribution in [0.2, 0.25) is 0 Å². The van der Waals surface area contributed by atoms with Crippen LogP contribution in [0.5, 0.6) is 0 Å². The number of nitrogens with one attached hydrogen (secondary N) is 2. The van der Waals surface area contributed by atoms with Crippen LogP contribution in [0.3, 0.4) is 0 Å². The third kappa shape index (κ3) is 5.43. The average Bonchev–Trinajstić information content (AvgIpc) is 2.86. The lowest BCUT2D eigenvalue weighted by molar-refractivity contribution is 0.153. The zero-order valence-electron chi connectivity index (χ0n) is 13.3. The maximum absolute atomic E-state index is 12.3. The van der Waals surface area contributed by atoms with Gasteiger partial charge >= 0.3 is 0 Å². The molecule has 2 N–H and O–H groups in total. The summed E-state index contributed by atoms with van der Waals surface area (Å²) in [5, 5.41) is 3.23. The molecule has 1 aromatic heterocycles. The van der Waals surface area contributed by atoms with E-state index in [9.17, 15) is 8.42 Å². The fourth-order valence-electron chi connectivity index (χ4n) is 1.99. The van der Waals surface area contributed by atoms with Gasteiger partial charge in [-0.25, -0.2) is 13.1 Å². The number of aromatic nitrogens is 1. The summed E-state index contributed by atoms with van der Waals surface area (Å²) in [6, 6.07) is 1.94. The summed E-state index contributed by atoms with van der Waals surface area (Å²) < 4.78 is 34.2. The molecule has 0 saturated carbocycles. The summed E-state index contributed by atoms with van der Waals surface area (Å²) in [7, 11) is -3.48. The van der Waals surface area contributed by atoms with E-state index in [4.69, 9.17) is 4.74 Å². The second-order valence-corrected chi connectivity index (χ2v) is 6.81. The van der Waals surface area contributed by atoms with E-state index in [1.807, 2.05) is 32.3 Å². The van der Waals surface area contributed by atoms with Gasteiger partial charge in [0.1, 0.15) is 0 Å². The van der Waals surface area contributed by atoms with Crippen LogP contribution in [0.25, 0.3) is 0 Å². The highest BCUT2D eigenvalue weighted by molar-refractivity contribution is 7.89. The van der Waals surface area contributed by atoms with Crippen molar-refractivity contribution in [3.63, 3.8) is 0 Å². The monoisotopic (exact) mass is 317 g/mol. The standard InChI is InChI=1S/C14H27N3O3S/c1-5-15-10-13-9-14(11-17(13)12(3)4)21(18,19)16-7-8-20-6-2/h9,11-12,15-16H,5-8,10H2,1-4H3. The van der Waals surface area contributed by atoms with Crippen molar-refractivity contribution >= 4 is 10.0 Å². The lowest BCUT2D eigenvalue weighted by Crippen LogP contribution is -2.27. The van der Waals surface area contributed by atoms with Crippen molar-refractivity contribution in [2.24, 2.45) is 0 Å². The van der Waals surface area contributed by atoms with E-state index >= 15 is 0 Å². The fraction of sp³-hybridized carbons (Fsp3) is 0.714. The Labute approximate surface area is 127 Å². The molecule has 122 valence electrons. The first kappa shape index (κ1) is 18.2. The van der Waals surface area contributed by atoms with Crippen LogP contribution in [0.1, 0.15) is 39.4 Å². The van der Waals surface area contributed by atoms with E-state index in [2.05, 4.69) is 10.0 Å². The molecule has 0 atom stereocenters. The van der Waals surface area contributed by atoms with Gasteiger partial charge in [-0.05, 0) is 33.4 Å². The number of sulfonamides is 1. The lowest BCUT2D eigenvalue weighted by atomic mass is 10.3. The molecular formula is C14H27N3O3S. The lowest BCUT2D eigenvalue weighted by Gasteiger charge is -2.12. The van der Waals surface area contributed by atoms with Crippen molar-refractivity contribution in [3.8, 4) is 0 Å². The molecule has 0 bridgehead atoms. The van der Waals surface area contributed by atoms with E-state index in [1.165, 1.54) is 0 Å². The van der Waals surface area contributed by atoms with Gasteiger partial charge in [-0.15, -0.1) is 0 Å². The highest BCUT2D eigenvalue weighted by Crippen LogP contribution is 2.18. The molecule has 6 nitrogen and oxygen atoms in total. The Bertz CT molecular complexity index is 524. The summed E-state index contributed by atoms with van der Waals surface area (Å²) in [6.07, 6.45) is 1.69. The molecule has 0 aliphatic carbocycles. The van der Waals surface area contributed by atoms with Gasteiger partial charge in [0.05, 0.1) is 11.5 Å². The molecule has 0 aliphatic heterocycles. The number of hydrogen-bond donors (Lipinski definition) is 2. The second-order valence-electron chi connectivity index (χ2n) is 5.04. The van der Waals surface area contributed by atoms with Gasteiger partial charge in [0, 0.05) is 37.6 Å². The van der Waals surface area contributed by atoms with E-state index < -0.39 is 10.0 Å². The molecule has 0 fully saturated rings. The summed E-state index contributed by atoms with van der Waals surface area (Å²) in [5.41, 5.74) is 0.969. The molecule has 7 heteroatoms. The van der Waals surface area contributed by atoms with Crippen molar-refractivity contribution in [2.75, 3.05) is 26.3 Å². The average molecular weight is 317 g/mol. The van der Waals surface area contributed by atoms with E-state index in [1.54, 1.807) is 12.3 Å². The number of ether oxygens (including phenoxy) is 1. The van der Waals surface area contributed by atoms with E-state index in [0.717, 1.165) is 12.2 Å². The van der Waals surface area contributed by atoms with Crippen LogP contribution in [0, 0.1) is 0 Å². The topological polar surface area (TPSA) is 72.4 Å². The molecule has 0 aromatic carbocycles. The van der Waals surface area contributed by atoms with Gasteiger partial charge in [-0.1, -0.05) is 6.92 Å². The van der Waals surface area contributed by atoms with Crippen molar-refractivity contribution in [3.05, 3.63) is 18.0 Å². The number of nitrogens with zero attached hydrogens (tertiary/aromatic N) is 1. The zero-order valence-corrected chi connectivity index (χ0v) is 14.2. The molecule has 0 radical (unpaired) electrons. The second kappa shape index (κ2) is 8.53. The zero-order chi connectivity index (χ0) is 15.9. The fourth-order valence-corrected chi connectivity index (χ4v) is 3.06. The summed E-state index contributed by atoms with van der Waals surface area (Å²) in [6.45, 7) is 10.7. The van der Waals surface area contributed by atoms with Gasteiger partial charge in [0.15, 0.2) is 0 Å². The summed E-state index contributed by atoms with van der Waals surface area (Å²) in [5.74, 6) is 0. The summed E-state index contributed by atoms with van der Waals surface area (Å²) in [4.78, 5) is 0.306. The minimum absolute atomic E-state index is 0.214. The van der Waals surface area contributed by atoms with E-state index in [0.29, 0.717) is 24.7 Å². The predicted molar refractivity (Wildman–Crippen MR) is 83.9 cm³/mol. The SMILES string of the molecule is CCNCc1cc(S(=O)(=O)NCCOCC)cn1C(C)C. The van der Waals surface area contributed by atoms with Crippen molar-refractivity contribution in [2.45, 2.75) is 45.2 Å². The predicted octanol–water partition coefficient (Wildman–Crippen LogP) is 1.49. The molecule has 0 spiro atoms. The normalized spacial score (nSPS) is 12.2. The molecule has 1 rings (SSSR count). The van der Waals surface area contributed by atoms with Gasteiger partial charge < -0.3 is 14.6 Å². The summed E-state index contributed by atoms with van der Waals surface area (Å²) >= 11 is 0. The van der Waals surface area contributed by atoms with Gasteiger partial charge in [0.2, 0.25) is 10.0 Å². The molecule has 0 amide bonds. The highest BCUT2D eigenvalue weighted by Gasteiger charge is 2.18.